The molecular weight excluding hydrogens is 317 g/mol. The molecule has 0 aliphatic carbocycles. The van der Waals surface area contributed by atoms with Gasteiger partial charge in [0.05, 0.1) is 10.4 Å². The summed E-state index contributed by atoms with van der Waals surface area (Å²) >= 11 is 3.01. The van der Waals surface area contributed by atoms with Crippen molar-refractivity contribution in [3.8, 4) is 0 Å². The van der Waals surface area contributed by atoms with Gasteiger partial charge in [-0.1, -0.05) is 6.92 Å². The molecule has 0 saturated carbocycles. The average Bonchev–Trinajstić information content (AvgIpc) is 2.37. The van der Waals surface area contributed by atoms with E-state index in [-0.39, 0.29) is 10.4 Å². The molecule has 0 aliphatic rings. The number of hydrogen-bond acceptors (Lipinski definition) is 2. The van der Waals surface area contributed by atoms with Gasteiger partial charge in [0.15, 0.2) is 0 Å². The predicted octanol–water partition coefficient (Wildman–Crippen LogP) is 2.82. The Bertz CT molecular complexity index is 479. The third-order valence-corrected chi connectivity index (χ3v) is 3.31. The summed E-state index contributed by atoms with van der Waals surface area (Å²) in [4.78, 5) is 22.3. The average molecular weight is 332 g/mol. The van der Waals surface area contributed by atoms with Gasteiger partial charge >= 0.3 is 5.97 Å². The van der Waals surface area contributed by atoms with Crippen molar-refractivity contribution >= 4 is 27.8 Å². The zero-order valence-corrected chi connectivity index (χ0v) is 12.0. The third-order valence-electron chi connectivity index (χ3n) is 2.70. The number of carboxylic acids is 1. The fraction of sp³-hybridized carbons (Fsp3) is 0.385. The van der Waals surface area contributed by atoms with Gasteiger partial charge in [0.2, 0.25) is 0 Å². The first kappa shape index (κ1) is 15.6. The van der Waals surface area contributed by atoms with Crippen LogP contribution in [0.5, 0.6) is 0 Å². The van der Waals surface area contributed by atoms with Gasteiger partial charge in [0.1, 0.15) is 5.82 Å². The molecule has 0 radical (unpaired) electrons. The van der Waals surface area contributed by atoms with E-state index in [2.05, 4.69) is 21.2 Å². The second kappa shape index (κ2) is 7.23. The first-order valence-electron chi connectivity index (χ1n) is 5.88. The maximum Gasteiger partial charge on any atom is 0.306 e. The lowest BCUT2D eigenvalue weighted by molar-refractivity contribution is -0.141. The SMILES string of the molecule is CC(CCCNC(=O)c1ccc(F)c(Br)c1)C(=O)O. The van der Waals surface area contributed by atoms with Crippen LogP contribution in [-0.2, 0) is 4.79 Å². The van der Waals surface area contributed by atoms with E-state index < -0.39 is 17.7 Å². The Morgan fingerprint density at radius 3 is 2.74 bits per heavy atom. The summed E-state index contributed by atoms with van der Waals surface area (Å²) < 4.78 is 13.2. The fourth-order valence-electron chi connectivity index (χ4n) is 1.47. The van der Waals surface area contributed by atoms with E-state index in [1.807, 2.05) is 0 Å². The van der Waals surface area contributed by atoms with Crippen LogP contribution in [0.3, 0.4) is 0 Å². The minimum Gasteiger partial charge on any atom is -0.481 e. The Kier molecular flexibility index (Phi) is 5.95. The maximum absolute atomic E-state index is 13.0. The number of aliphatic carboxylic acids is 1. The van der Waals surface area contributed by atoms with Gasteiger partial charge < -0.3 is 10.4 Å². The van der Waals surface area contributed by atoms with Crippen molar-refractivity contribution < 1.29 is 19.1 Å². The van der Waals surface area contributed by atoms with Crippen molar-refractivity contribution in [3.05, 3.63) is 34.1 Å². The summed E-state index contributed by atoms with van der Waals surface area (Å²) in [5, 5.41) is 11.4. The molecule has 1 atom stereocenters. The first-order chi connectivity index (χ1) is 8.91. The Morgan fingerprint density at radius 1 is 1.47 bits per heavy atom. The topological polar surface area (TPSA) is 66.4 Å². The molecule has 0 fully saturated rings. The normalized spacial score (nSPS) is 11.9. The highest BCUT2D eigenvalue weighted by Gasteiger charge is 2.11. The lowest BCUT2D eigenvalue weighted by Gasteiger charge is -2.08. The highest BCUT2D eigenvalue weighted by atomic mass is 79.9. The third kappa shape index (κ3) is 4.98. The van der Waals surface area contributed by atoms with Crippen molar-refractivity contribution in [2.24, 2.45) is 5.92 Å². The molecule has 0 heterocycles. The smallest absolute Gasteiger partial charge is 0.306 e. The molecule has 0 spiro atoms. The monoisotopic (exact) mass is 331 g/mol. The molecule has 1 amide bonds. The van der Waals surface area contributed by atoms with E-state index in [0.29, 0.717) is 24.9 Å². The summed E-state index contributed by atoms with van der Waals surface area (Å²) in [5.41, 5.74) is 0.361. The molecule has 4 nitrogen and oxygen atoms in total. The van der Waals surface area contributed by atoms with Gasteiger partial charge in [-0.3, -0.25) is 9.59 Å². The van der Waals surface area contributed by atoms with Gasteiger partial charge in [-0.25, -0.2) is 4.39 Å². The highest BCUT2D eigenvalue weighted by Crippen LogP contribution is 2.16. The molecule has 1 aromatic carbocycles. The van der Waals surface area contributed by atoms with E-state index in [4.69, 9.17) is 5.11 Å². The summed E-state index contributed by atoms with van der Waals surface area (Å²) in [6, 6.07) is 4.02. The number of amides is 1. The molecule has 0 aliphatic heterocycles. The van der Waals surface area contributed by atoms with Crippen molar-refractivity contribution in [3.63, 3.8) is 0 Å². The molecule has 19 heavy (non-hydrogen) atoms. The minimum atomic E-state index is -0.839. The lowest BCUT2D eigenvalue weighted by Crippen LogP contribution is -2.25. The Hall–Kier alpha value is -1.43. The second-order valence-electron chi connectivity index (χ2n) is 4.27. The van der Waals surface area contributed by atoms with Crippen molar-refractivity contribution in [2.75, 3.05) is 6.54 Å². The van der Waals surface area contributed by atoms with Crippen LogP contribution < -0.4 is 5.32 Å². The molecule has 1 rings (SSSR count). The fourth-order valence-corrected chi connectivity index (χ4v) is 1.85. The minimum absolute atomic E-state index is 0.236. The van der Waals surface area contributed by atoms with E-state index in [1.165, 1.54) is 18.2 Å². The van der Waals surface area contributed by atoms with E-state index in [1.54, 1.807) is 6.92 Å². The number of carbonyl (C=O) groups is 2. The van der Waals surface area contributed by atoms with Crippen LogP contribution in [0.4, 0.5) is 4.39 Å². The molecule has 1 aromatic rings. The summed E-state index contributed by atoms with van der Waals surface area (Å²) in [7, 11) is 0. The summed E-state index contributed by atoms with van der Waals surface area (Å²) in [6.07, 6.45) is 1.09. The van der Waals surface area contributed by atoms with E-state index in [9.17, 15) is 14.0 Å². The number of carbonyl (C=O) groups excluding carboxylic acids is 1. The molecule has 6 heteroatoms. The molecule has 0 aromatic heterocycles. The molecule has 1 unspecified atom stereocenters. The van der Waals surface area contributed by atoms with Gasteiger partial charge in [-0.05, 0) is 47.0 Å². The van der Waals surface area contributed by atoms with Crippen molar-refractivity contribution in [2.45, 2.75) is 19.8 Å². The van der Waals surface area contributed by atoms with Crippen LogP contribution in [0.2, 0.25) is 0 Å². The molecule has 0 saturated heterocycles. The number of halogens is 2. The number of benzene rings is 1. The summed E-state index contributed by atoms with van der Waals surface area (Å²) in [6.45, 7) is 2.02. The number of nitrogens with one attached hydrogen (secondary N) is 1. The van der Waals surface area contributed by atoms with Crippen LogP contribution in [0.15, 0.2) is 22.7 Å². The van der Waals surface area contributed by atoms with Gasteiger partial charge in [0, 0.05) is 12.1 Å². The number of carboxylic acid groups (broad SMARTS) is 1. The Labute approximate surface area is 119 Å². The molecule has 2 N–H and O–H groups in total. The molecule has 0 bridgehead atoms. The van der Waals surface area contributed by atoms with Gasteiger partial charge in [0.25, 0.3) is 5.91 Å². The highest BCUT2D eigenvalue weighted by molar-refractivity contribution is 9.10. The summed E-state index contributed by atoms with van der Waals surface area (Å²) in [5.74, 6) is -1.99. The first-order valence-corrected chi connectivity index (χ1v) is 6.67. The van der Waals surface area contributed by atoms with Gasteiger partial charge in [-0.2, -0.15) is 0 Å². The van der Waals surface area contributed by atoms with E-state index in [0.717, 1.165) is 0 Å². The van der Waals surface area contributed by atoms with Crippen LogP contribution >= 0.6 is 15.9 Å². The largest absolute Gasteiger partial charge is 0.481 e. The van der Waals surface area contributed by atoms with E-state index >= 15 is 0 Å². The van der Waals surface area contributed by atoms with Crippen LogP contribution in [-0.4, -0.2) is 23.5 Å². The van der Waals surface area contributed by atoms with Crippen molar-refractivity contribution in [1.29, 1.82) is 0 Å². The standard InChI is InChI=1S/C13H15BrFNO3/c1-8(13(18)19)3-2-6-16-12(17)9-4-5-11(15)10(14)7-9/h4-5,7-8H,2-3,6H2,1H3,(H,16,17)(H,18,19). The molecular formula is C13H15BrFNO3. The zero-order valence-electron chi connectivity index (χ0n) is 10.5. The second-order valence-corrected chi connectivity index (χ2v) is 5.12. The molecule has 104 valence electrons. The van der Waals surface area contributed by atoms with Crippen molar-refractivity contribution in [1.82, 2.24) is 5.32 Å². The number of hydrogen-bond donors (Lipinski definition) is 2. The predicted molar refractivity (Wildman–Crippen MR) is 72.5 cm³/mol. The zero-order chi connectivity index (χ0) is 14.4. The van der Waals surface area contributed by atoms with Gasteiger partial charge in [-0.15, -0.1) is 0 Å². The lowest BCUT2D eigenvalue weighted by atomic mass is 10.1. The quantitative estimate of drug-likeness (QED) is 0.787. The maximum atomic E-state index is 13.0. The Morgan fingerprint density at radius 2 is 2.16 bits per heavy atom. The van der Waals surface area contributed by atoms with Crippen LogP contribution in [0, 0.1) is 11.7 Å². The number of rotatable bonds is 6. The van der Waals surface area contributed by atoms with Crippen LogP contribution in [0.25, 0.3) is 0 Å². The Balaban J connectivity index is 2.39. The van der Waals surface area contributed by atoms with Crippen LogP contribution in [0.1, 0.15) is 30.1 Å².